The summed E-state index contributed by atoms with van der Waals surface area (Å²) in [6, 6.07) is 15.4. The molecule has 0 bridgehead atoms. The number of fused-ring (bicyclic) bond motifs is 1. The fourth-order valence-corrected chi connectivity index (χ4v) is 4.83. The smallest absolute Gasteiger partial charge is 0.266 e. The van der Waals surface area contributed by atoms with Gasteiger partial charge >= 0.3 is 0 Å². The summed E-state index contributed by atoms with van der Waals surface area (Å²) < 4.78 is 1.62. The van der Waals surface area contributed by atoms with Crippen LogP contribution in [-0.2, 0) is 4.79 Å². The van der Waals surface area contributed by atoms with Gasteiger partial charge in [0.05, 0.1) is 21.8 Å². The van der Waals surface area contributed by atoms with E-state index in [9.17, 15) is 9.59 Å². The summed E-state index contributed by atoms with van der Waals surface area (Å²) in [7, 11) is 0. The molecule has 1 aliphatic carbocycles. The molecule has 1 amide bonds. The van der Waals surface area contributed by atoms with Crippen molar-refractivity contribution in [3.05, 3.63) is 64.4 Å². The van der Waals surface area contributed by atoms with Crippen molar-refractivity contribution < 1.29 is 4.79 Å². The van der Waals surface area contributed by atoms with Crippen LogP contribution in [0.15, 0.2) is 58.5 Å². The third-order valence-electron chi connectivity index (χ3n) is 5.64. The summed E-state index contributed by atoms with van der Waals surface area (Å²) in [5.74, 6) is 0.00441. The Morgan fingerprint density at radius 2 is 1.80 bits per heavy atom. The Kier molecular flexibility index (Phi) is 6.23. The van der Waals surface area contributed by atoms with Crippen LogP contribution in [0.2, 0.25) is 0 Å². The molecule has 3 aromatic rings. The van der Waals surface area contributed by atoms with Crippen molar-refractivity contribution in [3.8, 4) is 5.69 Å². The van der Waals surface area contributed by atoms with E-state index in [0.717, 1.165) is 24.1 Å². The molecule has 0 radical (unpaired) electrons. The SMILES string of the molecule is Cc1ccc(-n2c(S[C@H](C)C(=O)NC3CCCCC3)nc3ccccc3c2=O)cc1. The van der Waals surface area contributed by atoms with Gasteiger partial charge in [0.25, 0.3) is 5.56 Å². The molecule has 1 aliphatic rings. The molecule has 1 heterocycles. The van der Waals surface area contributed by atoms with Crippen molar-refractivity contribution in [1.82, 2.24) is 14.9 Å². The summed E-state index contributed by atoms with van der Waals surface area (Å²) in [4.78, 5) is 30.9. The van der Waals surface area contributed by atoms with E-state index in [-0.39, 0.29) is 22.8 Å². The third kappa shape index (κ3) is 4.43. The lowest BCUT2D eigenvalue weighted by atomic mass is 9.95. The van der Waals surface area contributed by atoms with Gasteiger partial charge in [-0.3, -0.25) is 14.2 Å². The largest absolute Gasteiger partial charge is 0.352 e. The fourth-order valence-electron chi connectivity index (χ4n) is 3.89. The Balaban J connectivity index is 1.68. The van der Waals surface area contributed by atoms with E-state index in [0.29, 0.717) is 16.1 Å². The van der Waals surface area contributed by atoms with Gasteiger partial charge < -0.3 is 5.32 Å². The molecule has 30 heavy (non-hydrogen) atoms. The van der Waals surface area contributed by atoms with Crippen LogP contribution in [-0.4, -0.2) is 26.8 Å². The Hall–Kier alpha value is -2.60. The zero-order chi connectivity index (χ0) is 21.1. The van der Waals surface area contributed by atoms with Crippen LogP contribution in [0, 0.1) is 6.92 Å². The first-order valence-electron chi connectivity index (χ1n) is 10.6. The van der Waals surface area contributed by atoms with Gasteiger partial charge in [0.1, 0.15) is 0 Å². The van der Waals surface area contributed by atoms with Gasteiger partial charge in [0.15, 0.2) is 5.16 Å². The van der Waals surface area contributed by atoms with Crippen LogP contribution in [0.4, 0.5) is 0 Å². The van der Waals surface area contributed by atoms with Crippen molar-refractivity contribution in [2.45, 2.75) is 62.4 Å². The monoisotopic (exact) mass is 421 g/mol. The van der Waals surface area contributed by atoms with E-state index in [1.54, 1.807) is 10.6 Å². The number of para-hydroxylation sites is 1. The van der Waals surface area contributed by atoms with Gasteiger partial charge in [-0.25, -0.2) is 4.98 Å². The zero-order valence-electron chi connectivity index (χ0n) is 17.4. The van der Waals surface area contributed by atoms with Gasteiger partial charge in [0, 0.05) is 6.04 Å². The topological polar surface area (TPSA) is 64.0 Å². The highest BCUT2D eigenvalue weighted by molar-refractivity contribution is 8.00. The second-order valence-electron chi connectivity index (χ2n) is 7.99. The van der Waals surface area contributed by atoms with E-state index in [4.69, 9.17) is 4.98 Å². The predicted octanol–water partition coefficient (Wildman–Crippen LogP) is 4.62. The first kappa shape index (κ1) is 20.7. The van der Waals surface area contributed by atoms with Crippen LogP contribution in [0.5, 0.6) is 0 Å². The molecule has 1 N–H and O–H groups in total. The van der Waals surface area contributed by atoms with Gasteiger partial charge in [-0.15, -0.1) is 0 Å². The molecule has 1 atom stereocenters. The van der Waals surface area contributed by atoms with Crippen LogP contribution >= 0.6 is 11.8 Å². The van der Waals surface area contributed by atoms with Crippen molar-refractivity contribution in [2.75, 3.05) is 0 Å². The van der Waals surface area contributed by atoms with Crippen LogP contribution < -0.4 is 10.9 Å². The summed E-state index contributed by atoms with van der Waals surface area (Å²) in [6.07, 6.45) is 5.69. The van der Waals surface area contributed by atoms with Crippen molar-refractivity contribution in [3.63, 3.8) is 0 Å². The average Bonchev–Trinajstić information content (AvgIpc) is 2.76. The van der Waals surface area contributed by atoms with Crippen molar-refractivity contribution in [1.29, 1.82) is 0 Å². The first-order chi connectivity index (χ1) is 14.5. The summed E-state index contributed by atoms with van der Waals surface area (Å²) in [5, 5.41) is 3.94. The van der Waals surface area contributed by atoms with Crippen LogP contribution in [0.25, 0.3) is 16.6 Å². The summed E-state index contributed by atoms with van der Waals surface area (Å²) in [5.41, 5.74) is 2.40. The maximum atomic E-state index is 13.3. The molecule has 6 heteroatoms. The molecule has 0 aliphatic heterocycles. The number of nitrogens with one attached hydrogen (secondary N) is 1. The molecule has 156 valence electrons. The Morgan fingerprint density at radius 3 is 2.53 bits per heavy atom. The number of aromatic nitrogens is 2. The first-order valence-corrected chi connectivity index (χ1v) is 11.5. The normalized spacial score (nSPS) is 15.8. The number of benzene rings is 2. The number of aryl methyl sites for hydroxylation is 1. The molecule has 1 fully saturated rings. The molecule has 0 unspecified atom stereocenters. The number of thioether (sulfide) groups is 1. The molecular formula is C24H27N3O2S. The van der Waals surface area contributed by atoms with E-state index in [2.05, 4.69) is 5.32 Å². The van der Waals surface area contributed by atoms with Gasteiger partial charge in [-0.2, -0.15) is 0 Å². The third-order valence-corrected chi connectivity index (χ3v) is 6.69. The van der Waals surface area contributed by atoms with Gasteiger partial charge in [-0.05, 0) is 51.0 Å². The van der Waals surface area contributed by atoms with Crippen molar-refractivity contribution in [2.24, 2.45) is 0 Å². The molecule has 2 aromatic carbocycles. The second kappa shape index (κ2) is 9.04. The molecule has 0 saturated heterocycles. The summed E-state index contributed by atoms with van der Waals surface area (Å²) in [6.45, 7) is 3.89. The number of rotatable bonds is 5. The quantitative estimate of drug-likeness (QED) is 0.482. The number of carbonyl (C=O) groups is 1. The molecule has 4 rings (SSSR count). The van der Waals surface area contributed by atoms with E-state index >= 15 is 0 Å². The number of hydrogen-bond donors (Lipinski definition) is 1. The lowest BCUT2D eigenvalue weighted by Gasteiger charge is -2.24. The molecule has 1 saturated carbocycles. The van der Waals surface area contributed by atoms with Crippen molar-refractivity contribution >= 4 is 28.6 Å². The lowest BCUT2D eigenvalue weighted by Crippen LogP contribution is -2.40. The van der Waals surface area contributed by atoms with Gasteiger partial charge in [0.2, 0.25) is 5.91 Å². The highest BCUT2D eigenvalue weighted by Gasteiger charge is 2.23. The highest BCUT2D eigenvalue weighted by Crippen LogP contribution is 2.26. The highest BCUT2D eigenvalue weighted by atomic mass is 32.2. The lowest BCUT2D eigenvalue weighted by molar-refractivity contribution is -0.121. The minimum absolute atomic E-state index is 0.00441. The standard InChI is InChI=1S/C24H27N3O2S/c1-16-12-14-19(15-13-16)27-23(29)20-10-6-7-11-21(20)26-24(27)30-17(2)22(28)25-18-8-4-3-5-9-18/h6-7,10-15,17-18H,3-5,8-9H2,1-2H3,(H,25,28)/t17-/m1/s1. The van der Waals surface area contributed by atoms with Crippen LogP contribution in [0.1, 0.15) is 44.6 Å². The second-order valence-corrected chi connectivity index (χ2v) is 9.30. The Morgan fingerprint density at radius 1 is 1.10 bits per heavy atom. The molecule has 0 spiro atoms. The minimum atomic E-state index is -0.350. The number of amides is 1. The Bertz CT molecular complexity index is 1100. The van der Waals surface area contributed by atoms with E-state index in [1.807, 2.05) is 56.3 Å². The minimum Gasteiger partial charge on any atom is -0.352 e. The maximum Gasteiger partial charge on any atom is 0.266 e. The van der Waals surface area contributed by atoms with E-state index < -0.39 is 0 Å². The number of hydrogen-bond acceptors (Lipinski definition) is 4. The van der Waals surface area contributed by atoms with Crippen LogP contribution in [0.3, 0.4) is 0 Å². The predicted molar refractivity (Wildman–Crippen MR) is 122 cm³/mol. The molecular weight excluding hydrogens is 394 g/mol. The van der Waals surface area contributed by atoms with Gasteiger partial charge in [-0.1, -0.05) is 60.9 Å². The molecule has 5 nitrogen and oxygen atoms in total. The molecule has 1 aromatic heterocycles. The number of carbonyl (C=O) groups excluding carboxylic acids is 1. The zero-order valence-corrected chi connectivity index (χ0v) is 18.2. The van der Waals surface area contributed by atoms with E-state index in [1.165, 1.54) is 31.0 Å². The fraction of sp³-hybridized carbons (Fsp3) is 0.375. The maximum absolute atomic E-state index is 13.3. The Labute approximate surface area is 180 Å². The summed E-state index contributed by atoms with van der Waals surface area (Å²) >= 11 is 1.33. The number of nitrogens with zero attached hydrogens (tertiary/aromatic N) is 2. The average molecular weight is 422 g/mol.